The van der Waals surface area contributed by atoms with Crippen molar-refractivity contribution in [3.63, 3.8) is 0 Å². The molecule has 26 heavy (non-hydrogen) atoms. The lowest BCUT2D eigenvalue weighted by Crippen LogP contribution is -1.97. The Morgan fingerprint density at radius 2 is 0.577 bits per heavy atom. The van der Waals surface area contributed by atoms with Gasteiger partial charge < -0.3 is 20.4 Å². The summed E-state index contributed by atoms with van der Waals surface area (Å²) in [5.74, 6) is -3.22. The summed E-state index contributed by atoms with van der Waals surface area (Å²) in [5, 5.41) is 33.0. The van der Waals surface area contributed by atoms with Crippen LogP contribution in [0.15, 0.2) is 13.2 Å². The number of unbranched alkanes of at least 4 members (excludes halogenated alkanes) is 6. The topological polar surface area (TPSA) is 149 Å². The molecule has 0 amide bonds. The van der Waals surface area contributed by atoms with Crippen molar-refractivity contribution in [3.8, 4) is 0 Å². The second kappa shape index (κ2) is 22.6. The minimum absolute atomic E-state index is 0.0628. The van der Waals surface area contributed by atoms with Gasteiger partial charge in [0, 0.05) is 25.7 Å². The molecule has 4 N–H and O–H groups in total. The van der Waals surface area contributed by atoms with Crippen LogP contribution >= 0.6 is 0 Å². The third kappa shape index (κ3) is 37.7. The highest BCUT2D eigenvalue weighted by atomic mass is 16.4. The third-order valence-corrected chi connectivity index (χ3v) is 3.06. The molecular formula is C18H32O8. The van der Waals surface area contributed by atoms with E-state index in [0.717, 1.165) is 38.5 Å². The normalized spacial score (nSPS) is 9.08. The molecule has 0 heterocycles. The van der Waals surface area contributed by atoms with Gasteiger partial charge in [-0.1, -0.05) is 25.7 Å². The molecule has 0 atom stereocenters. The van der Waals surface area contributed by atoms with Crippen LogP contribution in [0.2, 0.25) is 0 Å². The Bertz CT molecular complexity index is 357. The molecule has 0 saturated heterocycles. The van der Waals surface area contributed by atoms with E-state index < -0.39 is 23.9 Å². The van der Waals surface area contributed by atoms with Crippen LogP contribution in [0.4, 0.5) is 0 Å². The lowest BCUT2D eigenvalue weighted by atomic mass is 10.1. The molecular weight excluding hydrogens is 344 g/mol. The lowest BCUT2D eigenvalue weighted by Gasteiger charge is -1.98. The molecule has 152 valence electrons. The number of aliphatic carboxylic acids is 4. The molecule has 0 aromatic rings. The zero-order valence-electron chi connectivity index (χ0n) is 15.3. The van der Waals surface area contributed by atoms with Gasteiger partial charge in [-0.3, -0.25) is 19.2 Å². The van der Waals surface area contributed by atoms with Gasteiger partial charge in [0.05, 0.1) is 0 Å². The Labute approximate surface area is 154 Å². The smallest absolute Gasteiger partial charge is 0.303 e. The fourth-order valence-corrected chi connectivity index (χ4v) is 1.81. The quantitative estimate of drug-likeness (QED) is 0.264. The van der Waals surface area contributed by atoms with Crippen molar-refractivity contribution in [1.82, 2.24) is 0 Å². The highest BCUT2D eigenvalue weighted by molar-refractivity contribution is 5.68. The molecule has 0 saturated carbocycles. The van der Waals surface area contributed by atoms with Crippen LogP contribution in [-0.2, 0) is 19.2 Å². The Morgan fingerprint density at radius 3 is 0.769 bits per heavy atom. The van der Waals surface area contributed by atoms with Crippen molar-refractivity contribution in [2.45, 2.75) is 77.0 Å². The van der Waals surface area contributed by atoms with Gasteiger partial charge in [0.1, 0.15) is 0 Å². The number of carboxylic acids is 4. The first-order chi connectivity index (χ1) is 12.3. The number of hydrogen-bond donors (Lipinski definition) is 4. The molecule has 0 spiro atoms. The molecule has 0 unspecified atom stereocenters. The fourth-order valence-electron chi connectivity index (χ4n) is 1.81. The number of carboxylic acid groups (broad SMARTS) is 4. The highest BCUT2D eigenvalue weighted by Crippen LogP contribution is 2.08. The molecule has 0 aromatic carbocycles. The van der Waals surface area contributed by atoms with Crippen LogP contribution < -0.4 is 0 Å². The lowest BCUT2D eigenvalue weighted by molar-refractivity contribution is -0.139. The summed E-state index contributed by atoms with van der Waals surface area (Å²) in [5.41, 5.74) is 0. The molecule has 0 aromatic heterocycles. The summed E-state index contributed by atoms with van der Waals surface area (Å²) in [6.07, 6.45) is 6.84. The van der Waals surface area contributed by atoms with Crippen LogP contribution in [0.3, 0.4) is 0 Å². The zero-order valence-corrected chi connectivity index (χ0v) is 15.3. The van der Waals surface area contributed by atoms with Crippen LogP contribution in [0.5, 0.6) is 0 Å². The summed E-state index contributed by atoms with van der Waals surface area (Å²) in [4.78, 5) is 40.1. The number of carbonyl (C=O) groups is 4. The Kier molecular flexibility index (Phi) is 24.7. The van der Waals surface area contributed by atoms with Crippen molar-refractivity contribution in [3.05, 3.63) is 13.2 Å². The molecule has 0 fully saturated rings. The fraction of sp³-hybridized carbons (Fsp3) is 0.667. The standard InChI is InChI=1S/C10H18O4.C6H10O4.C2H4/c11-9(12)7-5-3-1-2-4-6-8-10(13)14;7-5(8)3-1-2-4-6(9)10;1-2/h1-8H2,(H,11,12)(H,13,14);1-4H2,(H,7,8)(H,9,10);1-2H2. The predicted octanol–water partition coefficient (Wildman–Crippen LogP) is 3.79. The van der Waals surface area contributed by atoms with E-state index in [-0.39, 0.29) is 25.7 Å². The molecule has 0 bridgehead atoms. The van der Waals surface area contributed by atoms with Crippen LogP contribution in [-0.4, -0.2) is 44.3 Å². The van der Waals surface area contributed by atoms with Gasteiger partial charge in [-0.05, 0) is 25.7 Å². The van der Waals surface area contributed by atoms with Crippen LogP contribution in [0.1, 0.15) is 77.0 Å². The van der Waals surface area contributed by atoms with E-state index >= 15 is 0 Å². The van der Waals surface area contributed by atoms with E-state index in [4.69, 9.17) is 20.4 Å². The van der Waals surface area contributed by atoms with Gasteiger partial charge in [0.15, 0.2) is 0 Å². The predicted molar refractivity (Wildman–Crippen MR) is 97.2 cm³/mol. The first-order valence-electron chi connectivity index (χ1n) is 8.63. The average Bonchev–Trinajstić information content (AvgIpc) is 2.56. The Hall–Kier alpha value is -2.38. The van der Waals surface area contributed by atoms with Gasteiger partial charge >= 0.3 is 23.9 Å². The largest absolute Gasteiger partial charge is 0.481 e. The zero-order chi connectivity index (χ0) is 20.8. The maximum absolute atomic E-state index is 10.1. The van der Waals surface area contributed by atoms with E-state index in [9.17, 15) is 19.2 Å². The molecule has 8 heteroatoms. The number of hydrogen-bond acceptors (Lipinski definition) is 4. The van der Waals surface area contributed by atoms with E-state index in [1.165, 1.54) is 0 Å². The maximum Gasteiger partial charge on any atom is 0.303 e. The van der Waals surface area contributed by atoms with E-state index in [1.54, 1.807) is 0 Å². The van der Waals surface area contributed by atoms with Crippen molar-refractivity contribution in [2.24, 2.45) is 0 Å². The van der Waals surface area contributed by atoms with Gasteiger partial charge in [0.25, 0.3) is 0 Å². The molecule has 0 radical (unpaired) electrons. The summed E-state index contributed by atoms with van der Waals surface area (Å²) < 4.78 is 0. The van der Waals surface area contributed by atoms with Gasteiger partial charge in [-0.15, -0.1) is 13.2 Å². The van der Waals surface area contributed by atoms with E-state index in [0.29, 0.717) is 12.8 Å². The van der Waals surface area contributed by atoms with E-state index in [2.05, 4.69) is 13.2 Å². The SMILES string of the molecule is C=C.O=C(O)CCCCC(=O)O.O=C(O)CCCCCCCCC(=O)O. The summed E-state index contributed by atoms with van der Waals surface area (Å²) >= 11 is 0. The van der Waals surface area contributed by atoms with Crippen molar-refractivity contribution in [1.29, 1.82) is 0 Å². The van der Waals surface area contributed by atoms with Gasteiger partial charge in [-0.2, -0.15) is 0 Å². The van der Waals surface area contributed by atoms with Gasteiger partial charge in [0.2, 0.25) is 0 Å². The van der Waals surface area contributed by atoms with Crippen LogP contribution in [0, 0.1) is 0 Å². The van der Waals surface area contributed by atoms with Crippen molar-refractivity contribution in [2.75, 3.05) is 0 Å². The van der Waals surface area contributed by atoms with E-state index in [1.807, 2.05) is 0 Å². The second-order valence-electron chi connectivity index (χ2n) is 5.40. The van der Waals surface area contributed by atoms with Gasteiger partial charge in [-0.25, -0.2) is 0 Å². The summed E-state index contributed by atoms with van der Waals surface area (Å²) in [7, 11) is 0. The third-order valence-electron chi connectivity index (χ3n) is 3.06. The Balaban J connectivity index is -0.000000388. The molecule has 8 nitrogen and oxygen atoms in total. The Morgan fingerprint density at radius 1 is 0.423 bits per heavy atom. The monoisotopic (exact) mass is 376 g/mol. The number of rotatable bonds is 14. The van der Waals surface area contributed by atoms with Crippen molar-refractivity contribution >= 4 is 23.9 Å². The minimum atomic E-state index is -0.870. The summed E-state index contributed by atoms with van der Waals surface area (Å²) in [6.45, 7) is 6.00. The molecule has 0 rings (SSSR count). The average molecular weight is 376 g/mol. The first-order valence-corrected chi connectivity index (χ1v) is 8.63. The second-order valence-corrected chi connectivity index (χ2v) is 5.40. The highest BCUT2D eigenvalue weighted by Gasteiger charge is 1.99. The molecule has 0 aliphatic carbocycles. The molecule has 0 aliphatic heterocycles. The molecule has 0 aliphatic rings. The van der Waals surface area contributed by atoms with Crippen LogP contribution in [0.25, 0.3) is 0 Å². The minimum Gasteiger partial charge on any atom is -0.481 e. The summed E-state index contributed by atoms with van der Waals surface area (Å²) in [6, 6.07) is 0. The van der Waals surface area contributed by atoms with Crippen molar-refractivity contribution < 1.29 is 39.6 Å². The first kappa shape index (κ1) is 28.4. The maximum atomic E-state index is 10.1.